The SMILES string of the molecule is CC(C)(C)c1ccc(C(=O)N2CCC2(C)C(=O)NS(=O)(=O)c2cccc(Cl)c2)cc1. The first-order chi connectivity index (χ1) is 13.8. The number of hydrogen-bond donors (Lipinski definition) is 1. The van der Waals surface area contributed by atoms with E-state index in [9.17, 15) is 18.0 Å². The number of nitrogens with zero attached hydrogens (tertiary/aromatic N) is 1. The van der Waals surface area contributed by atoms with Crippen molar-refractivity contribution in [1.29, 1.82) is 0 Å². The van der Waals surface area contributed by atoms with Gasteiger partial charge in [0.2, 0.25) is 0 Å². The van der Waals surface area contributed by atoms with Gasteiger partial charge in [0.1, 0.15) is 5.54 Å². The van der Waals surface area contributed by atoms with E-state index in [1.807, 2.05) is 12.1 Å². The minimum absolute atomic E-state index is 0.0403. The molecule has 1 saturated heterocycles. The molecule has 30 heavy (non-hydrogen) atoms. The Hall–Kier alpha value is -2.38. The van der Waals surface area contributed by atoms with Crippen LogP contribution in [0.25, 0.3) is 0 Å². The Kier molecular flexibility index (Phi) is 5.73. The lowest BCUT2D eigenvalue weighted by Crippen LogP contribution is -2.67. The van der Waals surface area contributed by atoms with Crippen LogP contribution in [0.4, 0.5) is 0 Å². The first kappa shape index (κ1) is 22.3. The monoisotopic (exact) mass is 448 g/mol. The van der Waals surface area contributed by atoms with Crippen LogP contribution in [-0.2, 0) is 20.2 Å². The third kappa shape index (κ3) is 4.23. The largest absolute Gasteiger partial charge is 0.324 e. The number of hydrogen-bond acceptors (Lipinski definition) is 4. The Morgan fingerprint density at radius 1 is 1.10 bits per heavy atom. The summed E-state index contributed by atoms with van der Waals surface area (Å²) in [5.41, 5.74) is 0.266. The van der Waals surface area contributed by atoms with Crippen LogP contribution in [0.2, 0.25) is 5.02 Å². The van der Waals surface area contributed by atoms with E-state index >= 15 is 0 Å². The maximum absolute atomic E-state index is 13.0. The number of benzene rings is 2. The molecule has 2 aromatic rings. The molecule has 0 radical (unpaired) electrons. The Morgan fingerprint density at radius 3 is 2.23 bits per heavy atom. The van der Waals surface area contributed by atoms with Crippen molar-refractivity contribution in [2.24, 2.45) is 0 Å². The van der Waals surface area contributed by atoms with E-state index < -0.39 is 21.5 Å². The average molecular weight is 449 g/mol. The van der Waals surface area contributed by atoms with Gasteiger partial charge in [-0.25, -0.2) is 13.1 Å². The maximum Gasteiger partial charge on any atom is 0.264 e. The van der Waals surface area contributed by atoms with Crippen molar-refractivity contribution in [2.75, 3.05) is 6.54 Å². The molecule has 3 rings (SSSR count). The molecule has 1 heterocycles. The first-order valence-electron chi connectivity index (χ1n) is 9.60. The fourth-order valence-corrected chi connectivity index (χ4v) is 4.69. The summed E-state index contributed by atoms with van der Waals surface area (Å²) in [6.07, 6.45) is 0.371. The second-order valence-corrected chi connectivity index (χ2v) is 10.8. The van der Waals surface area contributed by atoms with E-state index in [0.29, 0.717) is 18.5 Å². The van der Waals surface area contributed by atoms with Gasteiger partial charge >= 0.3 is 0 Å². The van der Waals surface area contributed by atoms with Crippen LogP contribution in [-0.4, -0.2) is 37.2 Å². The number of nitrogens with one attached hydrogen (secondary N) is 1. The van der Waals surface area contributed by atoms with Crippen molar-refractivity contribution < 1.29 is 18.0 Å². The Bertz CT molecular complexity index is 1090. The van der Waals surface area contributed by atoms with Gasteiger partial charge in [-0.3, -0.25) is 9.59 Å². The molecule has 1 aliphatic rings. The minimum atomic E-state index is -4.10. The molecule has 1 unspecified atom stereocenters. The van der Waals surface area contributed by atoms with Crippen LogP contribution in [0.3, 0.4) is 0 Å². The Morgan fingerprint density at radius 2 is 1.73 bits per heavy atom. The smallest absolute Gasteiger partial charge is 0.264 e. The minimum Gasteiger partial charge on any atom is -0.324 e. The molecular formula is C22H25ClN2O4S. The van der Waals surface area contributed by atoms with Gasteiger partial charge in [-0.2, -0.15) is 0 Å². The van der Waals surface area contributed by atoms with Crippen molar-refractivity contribution in [3.8, 4) is 0 Å². The topological polar surface area (TPSA) is 83.6 Å². The highest BCUT2D eigenvalue weighted by molar-refractivity contribution is 7.90. The number of likely N-dealkylation sites (tertiary alicyclic amines) is 1. The molecule has 1 aliphatic heterocycles. The molecule has 1 fully saturated rings. The third-order valence-electron chi connectivity index (χ3n) is 5.48. The fourth-order valence-electron chi connectivity index (χ4n) is 3.31. The fraction of sp³-hybridized carbons (Fsp3) is 0.364. The summed E-state index contributed by atoms with van der Waals surface area (Å²) in [6, 6.07) is 12.9. The van der Waals surface area contributed by atoms with Crippen LogP contribution in [0.15, 0.2) is 53.4 Å². The number of carbonyl (C=O) groups excluding carboxylic acids is 2. The summed E-state index contributed by atoms with van der Waals surface area (Å²) >= 11 is 5.86. The summed E-state index contributed by atoms with van der Waals surface area (Å²) in [7, 11) is -4.10. The van der Waals surface area contributed by atoms with Gasteiger partial charge in [0.25, 0.3) is 21.8 Å². The van der Waals surface area contributed by atoms with Gasteiger partial charge in [-0.05, 0) is 54.7 Å². The predicted molar refractivity (Wildman–Crippen MR) is 116 cm³/mol. The molecule has 0 spiro atoms. The van der Waals surface area contributed by atoms with Gasteiger partial charge in [0.15, 0.2) is 0 Å². The predicted octanol–water partition coefficient (Wildman–Crippen LogP) is 3.75. The second kappa shape index (κ2) is 7.71. The molecule has 2 aromatic carbocycles. The number of carbonyl (C=O) groups is 2. The van der Waals surface area contributed by atoms with Crippen molar-refractivity contribution >= 4 is 33.4 Å². The Labute approximate surface area is 182 Å². The highest BCUT2D eigenvalue weighted by Gasteiger charge is 2.50. The molecule has 1 atom stereocenters. The summed E-state index contributed by atoms with van der Waals surface area (Å²) < 4.78 is 27.2. The van der Waals surface area contributed by atoms with Crippen LogP contribution in [0.5, 0.6) is 0 Å². The standard InChI is InChI=1S/C22H25ClN2O4S/c1-21(2,3)16-10-8-15(9-11-16)19(26)25-13-12-22(25,4)20(27)24-30(28,29)18-7-5-6-17(23)14-18/h5-11,14H,12-13H2,1-4H3,(H,24,27). The van der Waals surface area contributed by atoms with Crippen molar-refractivity contribution in [1.82, 2.24) is 9.62 Å². The molecule has 8 heteroatoms. The van der Waals surface area contributed by atoms with Gasteiger partial charge in [-0.15, -0.1) is 0 Å². The number of halogens is 1. The third-order valence-corrected chi connectivity index (χ3v) is 7.05. The van der Waals surface area contributed by atoms with Crippen LogP contribution < -0.4 is 4.72 Å². The van der Waals surface area contributed by atoms with Crippen molar-refractivity contribution in [3.05, 3.63) is 64.7 Å². The average Bonchev–Trinajstić information content (AvgIpc) is 2.65. The van der Waals surface area contributed by atoms with Crippen LogP contribution in [0, 0.1) is 0 Å². The van der Waals surface area contributed by atoms with E-state index in [2.05, 4.69) is 25.5 Å². The lowest BCUT2D eigenvalue weighted by Gasteiger charge is -2.48. The van der Waals surface area contributed by atoms with E-state index in [0.717, 1.165) is 5.56 Å². The van der Waals surface area contributed by atoms with E-state index in [1.54, 1.807) is 25.1 Å². The molecule has 2 amide bonds. The number of rotatable bonds is 4. The van der Waals surface area contributed by atoms with Gasteiger partial charge < -0.3 is 4.90 Å². The van der Waals surface area contributed by atoms with E-state index in [-0.39, 0.29) is 21.2 Å². The lowest BCUT2D eigenvalue weighted by atomic mass is 9.84. The molecule has 160 valence electrons. The zero-order valence-corrected chi connectivity index (χ0v) is 19.0. The summed E-state index contributed by atoms with van der Waals surface area (Å²) in [4.78, 5) is 27.1. The molecular weight excluding hydrogens is 424 g/mol. The summed E-state index contributed by atoms with van der Waals surface area (Å²) in [5.74, 6) is -1.05. The first-order valence-corrected chi connectivity index (χ1v) is 11.5. The molecule has 0 bridgehead atoms. The quantitative estimate of drug-likeness (QED) is 0.772. The number of amides is 2. The molecule has 6 nitrogen and oxygen atoms in total. The molecule has 1 N–H and O–H groups in total. The highest BCUT2D eigenvalue weighted by atomic mass is 35.5. The zero-order valence-electron chi connectivity index (χ0n) is 17.4. The molecule has 0 aliphatic carbocycles. The normalized spacial score (nSPS) is 19.2. The van der Waals surface area contributed by atoms with Crippen LogP contribution >= 0.6 is 11.6 Å². The molecule has 0 saturated carbocycles. The van der Waals surface area contributed by atoms with E-state index in [4.69, 9.17) is 11.6 Å². The molecule has 0 aromatic heterocycles. The maximum atomic E-state index is 13.0. The van der Waals surface area contributed by atoms with Crippen LogP contribution in [0.1, 0.15) is 50.0 Å². The van der Waals surface area contributed by atoms with Crippen molar-refractivity contribution in [2.45, 2.75) is 50.0 Å². The van der Waals surface area contributed by atoms with Crippen molar-refractivity contribution in [3.63, 3.8) is 0 Å². The zero-order chi connectivity index (χ0) is 22.3. The lowest BCUT2D eigenvalue weighted by molar-refractivity contribution is -0.135. The van der Waals surface area contributed by atoms with Gasteiger partial charge in [0, 0.05) is 17.1 Å². The number of sulfonamides is 1. The van der Waals surface area contributed by atoms with Gasteiger partial charge in [-0.1, -0.05) is 50.6 Å². The van der Waals surface area contributed by atoms with E-state index in [1.165, 1.54) is 23.1 Å². The summed E-state index contributed by atoms with van der Waals surface area (Å²) in [6.45, 7) is 8.20. The highest BCUT2D eigenvalue weighted by Crippen LogP contribution is 2.33. The van der Waals surface area contributed by atoms with Gasteiger partial charge in [0.05, 0.1) is 4.90 Å². The summed E-state index contributed by atoms with van der Waals surface area (Å²) in [5, 5.41) is 0.246. The second-order valence-electron chi connectivity index (χ2n) is 8.70. The Balaban J connectivity index is 1.78.